The standard InChI is InChI=1S/C47H56N12O7/c1-6-58-36(21-29(3)53-58)38(60)27-41-51-35-24-32(45(49)62)26-40(66-20-15-55-13-18-64-19-14-55)43(35)56(41)11-8-9-12-57-42-33(23-31(44(48)61)25-39(42)65-17-10-16-63-5)34-28-50-46(52-47(34)57)37-22-30(4)54-59(37)7-2/h8-9,21-26,28H,6-7,10-20,27H2,1-5H3,(H2,48,61)(H2,49,62)/b9-8+. The Morgan fingerprint density at radius 3 is 2.15 bits per heavy atom. The maximum absolute atomic E-state index is 14.0. The number of fused-ring (bicyclic) bond motifs is 4. The summed E-state index contributed by atoms with van der Waals surface area (Å²) in [6, 6.07) is 10.4. The third-order valence-corrected chi connectivity index (χ3v) is 11.6. The van der Waals surface area contributed by atoms with E-state index in [2.05, 4.69) is 15.1 Å². The van der Waals surface area contributed by atoms with Gasteiger partial charge in [0.2, 0.25) is 11.8 Å². The molecule has 1 fully saturated rings. The van der Waals surface area contributed by atoms with Crippen molar-refractivity contribution in [3.8, 4) is 23.0 Å². The number of benzene rings is 2. The van der Waals surface area contributed by atoms with Crippen molar-refractivity contribution in [2.24, 2.45) is 11.5 Å². The Balaban J connectivity index is 1.22. The van der Waals surface area contributed by atoms with E-state index in [0.717, 1.165) is 30.2 Å². The molecule has 0 aliphatic carbocycles. The van der Waals surface area contributed by atoms with E-state index in [1.165, 1.54) is 0 Å². The highest BCUT2D eigenvalue weighted by molar-refractivity contribution is 6.11. The second-order valence-corrected chi connectivity index (χ2v) is 16.2. The van der Waals surface area contributed by atoms with E-state index in [0.29, 0.717) is 127 Å². The fourth-order valence-electron chi connectivity index (χ4n) is 8.45. The van der Waals surface area contributed by atoms with Gasteiger partial charge in [-0.1, -0.05) is 12.2 Å². The Bertz CT molecular complexity index is 2950. The van der Waals surface area contributed by atoms with Crippen LogP contribution in [0.15, 0.2) is 54.7 Å². The Labute approximate surface area is 381 Å². The van der Waals surface area contributed by atoms with Crippen molar-refractivity contribution in [1.29, 1.82) is 0 Å². The molecular formula is C47H56N12O7. The lowest BCUT2D eigenvalue weighted by atomic mass is 10.1. The molecule has 7 aromatic rings. The van der Waals surface area contributed by atoms with Crippen LogP contribution in [0.4, 0.5) is 0 Å². The maximum Gasteiger partial charge on any atom is 0.248 e. The van der Waals surface area contributed by atoms with Gasteiger partial charge in [0, 0.05) is 94.0 Å². The minimum atomic E-state index is -0.623. The van der Waals surface area contributed by atoms with Gasteiger partial charge in [-0.25, -0.2) is 15.0 Å². The molecule has 5 aromatic heterocycles. The molecule has 19 nitrogen and oxygen atoms in total. The molecular weight excluding hydrogens is 845 g/mol. The predicted molar refractivity (Wildman–Crippen MR) is 248 cm³/mol. The summed E-state index contributed by atoms with van der Waals surface area (Å²) in [6.45, 7) is 14.2. The van der Waals surface area contributed by atoms with Gasteiger partial charge in [0.25, 0.3) is 0 Å². The van der Waals surface area contributed by atoms with Crippen molar-refractivity contribution >= 4 is 50.6 Å². The first-order valence-electron chi connectivity index (χ1n) is 22.3. The molecule has 0 saturated carbocycles. The molecule has 0 spiro atoms. The van der Waals surface area contributed by atoms with Gasteiger partial charge in [0.15, 0.2) is 11.6 Å². The van der Waals surface area contributed by atoms with Crippen LogP contribution >= 0.6 is 0 Å². The molecule has 8 rings (SSSR count). The molecule has 0 unspecified atom stereocenters. The summed E-state index contributed by atoms with van der Waals surface area (Å²) in [5.74, 6) is 0.486. The number of nitrogens with two attached hydrogens (primary N) is 2. The number of ketones is 1. The van der Waals surface area contributed by atoms with Crippen molar-refractivity contribution < 1.29 is 33.3 Å². The molecule has 1 aliphatic rings. The molecule has 346 valence electrons. The van der Waals surface area contributed by atoms with Gasteiger partial charge < -0.3 is 39.5 Å². The number of morpholine rings is 1. The maximum atomic E-state index is 14.0. The molecule has 0 atom stereocenters. The zero-order valence-electron chi connectivity index (χ0n) is 38.1. The highest BCUT2D eigenvalue weighted by atomic mass is 16.5. The van der Waals surface area contributed by atoms with Crippen LogP contribution in [0.3, 0.4) is 0 Å². The monoisotopic (exact) mass is 900 g/mol. The van der Waals surface area contributed by atoms with E-state index in [1.807, 2.05) is 59.7 Å². The normalized spacial score (nSPS) is 13.5. The number of carbonyl (C=O) groups is 3. The first-order valence-corrected chi connectivity index (χ1v) is 22.3. The van der Waals surface area contributed by atoms with Gasteiger partial charge in [-0.05, 0) is 64.1 Å². The number of amides is 2. The van der Waals surface area contributed by atoms with E-state index < -0.39 is 11.8 Å². The molecule has 2 aromatic carbocycles. The number of imidazole rings is 1. The Kier molecular flexibility index (Phi) is 13.9. The number of ether oxygens (including phenoxy) is 4. The van der Waals surface area contributed by atoms with Crippen LogP contribution in [0.5, 0.6) is 11.5 Å². The van der Waals surface area contributed by atoms with Gasteiger partial charge in [0.05, 0.1) is 48.7 Å². The Morgan fingerprint density at radius 1 is 0.773 bits per heavy atom. The summed E-state index contributed by atoms with van der Waals surface area (Å²) < 4.78 is 31.2. The number of hydrogen-bond donors (Lipinski definition) is 2. The van der Waals surface area contributed by atoms with Gasteiger partial charge in [-0.15, -0.1) is 0 Å². The summed E-state index contributed by atoms with van der Waals surface area (Å²) in [5, 5.41) is 10.5. The van der Waals surface area contributed by atoms with Crippen LogP contribution in [-0.2, 0) is 42.1 Å². The third kappa shape index (κ3) is 9.54. The molecule has 2 amide bonds. The van der Waals surface area contributed by atoms with E-state index in [1.54, 1.807) is 48.3 Å². The summed E-state index contributed by atoms with van der Waals surface area (Å²) in [6.07, 6.45) is 6.32. The number of Topliss-reactive ketones (excluding diaryl/α,β-unsaturated/α-hetero) is 1. The summed E-state index contributed by atoms with van der Waals surface area (Å²) in [5.41, 5.74) is 17.5. The van der Waals surface area contributed by atoms with Crippen molar-refractivity contribution in [3.05, 3.63) is 88.8 Å². The van der Waals surface area contributed by atoms with Crippen molar-refractivity contribution in [2.45, 2.75) is 66.7 Å². The van der Waals surface area contributed by atoms with Gasteiger partial charge >= 0.3 is 0 Å². The zero-order valence-corrected chi connectivity index (χ0v) is 38.1. The summed E-state index contributed by atoms with van der Waals surface area (Å²) >= 11 is 0. The number of allylic oxidation sites excluding steroid dienone is 2. The summed E-state index contributed by atoms with van der Waals surface area (Å²) in [4.78, 5) is 56.5. The topological polar surface area (TPSA) is 228 Å². The number of carbonyl (C=O) groups excluding carboxylic acids is 3. The Hall–Kier alpha value is -6.96. The van der Waals surface area contributed by atoms with E-state index >= 15 is 0 Å². The Morgan fingerprint density at radius 2 is 1.44 bits per heavy atom. The first kappa shape index (κ1) is 45.6. The lowest BCUT2D eigenvalue weighted by Crippen LogP contribution is -2.38. The van der Waals surface area contributed by atoms with Gasteiger partial charge in [0.1, 0.15) is 46.5 Å². The van der Waals surface area contributed by atoms with E-state index in [9.17, 15) is 14.4 Å². The quantitative estimate of drug-likeness (QED) is 0.0569. The average Bonchev–Trinajstić information content (AvgIpc) is 4.07. The molecule has 0 bridgehead atoms. The highest BCUT2D eigenvalue weighted by Crippen LogP contribution is 2.37. The fraction of sp³-hybridized carbons (Fsp3) is 0.404. The van der Waals surface area contributed by atoms with Crippen LogP contribution in [0.25, 0.3) is 44.5 Å². The first-order chi connectivity index (χ1) is 32.0. The number of primary amides is 2. The largest absolute Gasteiger partial charge is 0.491 e. The molecule has 19 heteroatoms. The van der Waals surface area contributed by atoms with E-state index in [4.69, 9.17) is 45.4 Å². The number of hydrogen-bond acceptors (Lipinski definition) is 13. The van der Waals surface area contributed by atoms with E-state index in [-0.39, 0.29) is 29.9 Å². The summed E-state index contributed by atoms with van der Waals surface area (Å²) in [7, 11) is 1.63. The number of nitrogens with zero attached hydrogens (tertiary/aromatic N) is 10. The SMILES string of the molecule is CCn1nc(C)cc1C(=O)Cc1nc2cc(C(N)=O)cc(OCCN3CCOCC3)c2n1C/C=C/Cn1c2nc(-c3cc(C)nn3CC)ncc2c2cc(C(N)=O)cc(OCCCOC)c21. The lowest BCUT2D eigenvalue weighted by Gasteiger charge is -2.26. The van der Waals surface area contributed by atoms with Gasteiger partial charge in [-0.2, -0.15) is 10.2 Å². The predicted octanol–water partition coefficient (Wildman–Crippen LogP) is 4.66. The molecule has 4 N–H and O–H groups in total. The molecule has 6 heterocycles. The van der Waals surface area contributed by atoms with Crippen molar-refractivity contribution in [2.75, 3.05) is 59.8 Å². The number of rotatable bonds is 21. The van der Waals surface area contributed by atoms with Crippen LogP contribution in [-0.4, -0.2) is 126 Å². The fourth-order valence-corrected chi connectivity index (χ4v) is 8.45. The second kappa shape index (κ2) is 20.1. The zero-order chi connectivity index (χ0) is 46.5. The minimum Gasteiger partial charge on any atom is -0.491 e. The van der Waals surface area contributed by atoms with Crippen LogP contribution in [0.1, 0.15) is 68.7 Å². The second-order valence-electron chi connectivity index (χ2n) is 16.2. The molecule has 0 radical (unpaired) electrons. The van der Waals surface area contributed by atoms with Crippen molar-refractivity contribution in [3.63, 3.8) is 0 Å². The number of aryl methyl sites for hydroxylation is 4. The van der Waals surface area contributed by atoms with Crippen molar-refractivity contribution in [1.82, 2.24) is 48.5 Å². The molecule has 1 saturated heterocycles. The average molecular weight is 901 g/mol. The smallest absolute Gasteiger partial charge is 0.248 e. The van der Waals surface area contributed by atoms with Crippen LogP contribution in [0, 0.1) is 13.8 Å². The highest BCUT2D eigenvalue weighted by Gasteiger charge is 2.24. The number of methoxy groups -OCH3 is 1. The lowest BCUT2D eigenvalue weighted by molar-refractivity contribution is 0.0323. The van der Waals surface area contributed by atoms with Gasteiger partial charge in [-0.3, -0.25) is 28.6 Å². The molecule has 1 aliphatic heterocycles. The molecule has 66 heavy (non-hydrogen) atoms. The number of aromatic nitrogens is 9. The third-order valence-electron chi connectivity index (χ3n) is 11.6. The van der Waals surface area contributed by atoms with Crippen LogP contribution < -0.4 is 20.9 Å². The van der Waals surface area contributed by atoms with Crippen LogP contribution in [0.2, 0.25) is 0 Å². The minimum absolute atomic E-state index is 0.0425.